The summed E-state index contributed by atoms with van der Waals surface area (Å²) in [5, 5.41) is 9.75. The highest BCUT2D eigenvalue weighted by atomic mass is 16.5. The van der Waals surface area contributed by atoms with Crippen molar-refractivity contribution in [1.29, 1.82) is 0 Å². The van der Waals surface area contributed by atoms with Gasteiger partial charge < -0.3 is 9.84 Å². The number of hydrogen-bond acceptors (Lipinski definition) is 2. The molecule has 0 spiro atoms. The van der Waals surface area contributed by atoms with Gasteiger partial charge in [-0.2, -0.15) is 0 Å². The van der Waals surface area contributed by atoms with Crippen LogP contribution in [0.4, 0.5) is 0 Å². The van der Waals surface area contributed by atoms with Gasteiger partial charge in [0, 0.05) is 0 Å². The zero-order chi connectivity index (χ0) is 12.6. The average Bonchev–Trinajstić information content (AvgIpc) is 2.70. The summed E-state index contributed by atoms with van der Waals surface area (Å²) in [6.45, 7) is 3.13. The quantitative estimate of drug-likeness (QED) is 0.868. The topological polar surface area (TPSA) is 29.5 Å². The summed E-state index contributed by atoms with van der Waals surface area (Å²) in [5.74, 6) is 0. The second-order valence-electron chi connectivity index (χ2n) is 6.22. The third-order valence-electron chi connectivity index (χ3n) is 4.58. The maximum atomic E-state index is 9.75. The van der Waals surface area contributed by atoms with Crippen molar-refractivity contribution in [3.8, 4) is 0 Å². The molecule has 1 heterocycles. The van der Waals surface area contributed by atoms with Crippen LogP contribution in [0.15, 0.2) is 24.3 Å². The molecule has 18 heavy (non-hydrogen) atoms. The number of benzene rings is 1. The van der Waals surface area contributed by atoms with Crippen LogP contribution in [0.5, 0.6) is 0 Å². The van der Waals surface area contributed by atoms with Crippen LogP contribution in [0.2, 0.25) is 0 Å². The first-order chi connectivity index (χ1) is 8.66. The first-order valence-electron chi connectivity index (χ1n) is 7.04. The molecule has 0 radical (unpaired) electrons. The lowest BCUT2D eigenvalue weighted by atomic mass is 9.79. The molecule has 2 aliphatic rings. The van der Waals surface area contributed by atoms with Crippen molar-refractivity contribution in [2.45, 2.75) is 51.2 Å². The summed E-state index contributed by atoms with van der Waals surface area (Å²) in [6, 6.07) is 8.64. The van der Waals surface area contributed by atoms with Crippen LogP contribution in [-0.2, 0) is 11.2 Å². The molecule has 2 heteroatoms. The lowest BCUT2D eigenvalue weighted by Crippen LogP contribution is -2.23. The lowest BCUT2D eigenvalue weighted by molar-refractivity contribution is 0.00717. The Labute approximate surface area is 109 Å². The largest absolute Gasteiger partial charge is 0.393 e. The molecule has 2 nitrogen and oxygen atoms in total. The van der Waals surface area contributed by atoms with E-state index in [1.807, 2.05) is 0 Å². The molecule has 0 aromatic heterocycles. The number of ether oxygens (including phenoxy) is 1. The molecule has 1 aromatic rings. The highest BCUT2D eigenvalue weighted by Gasteiger charge is 2.37. The Hall–Kier alpha value is -0.860. The highest BCUT2D eigenvalue weighted by Crippen LogP contribution is 2.46. The zero-order valence-corrected chi connectivity index (χ0v) is 11.1. The lowest BCUT2D eigenvalue weighted by Gasteiger charge is -2.33. The smallest absolute Gasteiger partial charge is 0.0832 e. The predicted octanol–water partition coefficient (Wildman–Crippen LogP) is 3.24. The highest BCUT2D eigenvalue weighted by molar-refractivity contribution is 5.31. The third-order valence-corrected chi connectivity index (χ3v) is 4.58. The van der Waals surface area contributed by atoms with E-state index in [0.717, 1.165) is 38.7 Å². The van der Waals surface area contributed by atoms with E-state index in [2.05, 4.69) is 31.2 Å². The molecule has 1 aromatic carbocycles. The monoisotopic (exact) mass is 246 g/mol. The van der Waals surface area contributed by atoms with Gasteiger partial charge in [-0.15, -0.1) is 0 Å². The van der Waals surface area contributed by atoms with E-state index in [9.17, 15) is 5.11 Å². The van der Waals surface area contributed by atoms with Gasteiger partial charge in [-0.25, -0.2) is 0 Å². The zero-order valence-electron chi connectivity index (χ0n) is 11.1. The molecule has 1 saturated carbocycles. The number of rotatable bonds is 2. The fourth-order valence-electron chi connectivity index (χ4n) is 3.57. The molecule has 3 unspecified atom stereocenters. The summed E-state index contributed by atoms with van der Waals surface area (Å²) in [6.07, 6.45) is 5.20. The average molecular weight is 246 g/mol. The van der Waals surface area contributed by atoms with Crippen LogP contribution in [0, 0.1) is 5.41 Å². The molecule has 1 N–H and O–H groups in total. The normalized spacial score (nSPS) is 35.4. The van der Waals surface area contributed by atoms with Crippen LogP contribution >= 0.6 is 0 Å². The summed E-state index contributed by atoms with van der Waals surface area (Å²) in [5.41, 5.74) is 3.05. The number of hydrogen-bond donors (Lipinski definition) is 1. The summed E-state index contributed by atoms with van der Waals surface area (Å²) in [4.78, 5) is 0. The van der Waals surface area contributed by atoms with E-state index in [-0.39, 0.29) is 17.6 Å². The number of aliphatic hydroxyl groups is 1. The minimum Gasteiger partial charge on any atom is -0.393 e. The van der Waals surface area contributed by atoms with Crippen molar-refractivity contribution in [2.75, 3.05) is 6.61 Å². The Balaban J connectivity index is 1.78. The van der Waals surface area contributed by atoms with Gasteiger partial charge in [0.05, 0.1) is 18.8 Å². The second kappa shape index (κ2) is 4.67. The minimum absolute atomic E-state index is 0.103. The number of aliphatic hydroxyl groups excluding tert-OH is 1. The molecule has 1 fully saturated rings. The summed E-state index contributed by atoms with van der Waals surface area (Å²) >= 11 is 0. The Bertz CT molecular complexity index is 429. The summed E-state index contributed by atoms with van der Waals surface area (Å²) in [7, 11) is 0. The molecule has 98 valence electrons. The van der Waals surface area contributed by atoms with Crippen LogP contribution < -0.4 is 0 Å². The SMILES string of the molecule is CC1(CC2OCCc3ccccc32)CCC(O)C1. The minimum atomic E-state index is -0.103. The molecule has 0 saturated heterocycles. The third kappa shape index (κ3) is 2.32. The molecule has 3 rings (SSSR count). The van der Waals surface area contributed by atoms with E-state index < -0.39 is 0 Å². The predicted molar refractivity (Wildman–Crippen MR) is 71.4 cm³/mol. The van der Waals surface area contributed by atoms with E-state index >= 15 is 0 Å². The van der Waals surface area contributed by atoms with Crippen LogP contribution in [0.1, 0.15) is 49.8 Å². The van der Waals surface area contributed by atoms with Crippen molar-refractivity contribution in [3.05, 3.63) is 35.4 Å². The number of fused-ring (bicyclic) bond motifs is 1. The first kappa shape index (κ1) is 12.2. The molecule has 3 atom stereocenters. The van der Waals surface area contributed by atoms with Gasteiger partial charge in [-0.1, -0.05) is 31.2 Å². The van der Waals surface area contributed by atoms with Crippen molar-refractivity contribution >= 4 is 0 Å². The Morgan fingerprint density at radius 2 is 2.22 bits per heavy atom. The van der Waals surface area contributed by atoms with Gasteiger partial charge in [-0.3, -0.25) is 0 Å². The standard InChI is InChI=1S/C16H22O2/c1-16(8-6-13(17)10-16)11-15-14-5-3-2-4-12(14)7-9-18-15/h2-5,13,15,17H,6-11H2,1H3. The van der Waals surface area contributed by atoms with Crippen LogP contribution in [0.25, 0.3) is 0 Å². The fraction of sp³-hybridized carbons (Fsp3) is 0.625. The van der Waals surface area contributed by atoms with Gasteiger partial charge in [0.1, 0.15) is 0 Å². The molecular formula is C16H22O2. The molecular weight excluding hydrogens is 224 g/mol. The summed E-state index contributed by atoms with van der Waals surface area (Å²) < 4.78 is 5.99. The maximum Gasteiger partial charge on any atom is 0.0832 e. The van der Waals surface area contributed by atoms with Crippen molar-refractivity contribution < 1.29 is 9.84 Å². The van der Waals surface area contributed by atoms with E-state index in [1.165, 1.54) is 11.1 Å². The van der Waals surface area contributed by atoms with E-state index in [4.69, 9.17) is 4.74 Å². The van der Waals surface area contributed by atoms with Crippen molar-refractivity contribution in [3.63, 3.8) is 0 Å². The molecule has 0 bridgehead atoms. The Morgan fingerprint density at radius 1 is 1.39 bits per heavy atom. The van der Waals surface area contributed by atoms with Crippen LogP contribution in [0.3, 0.4) is 0 Å². The van der Waals surface area contributed by atoms with Gasteiger partial charge in [-0.05, 0) is 48.6 Å². The van der Waals surface area contributed by atoms with Crippen molar-refractivity contribution in [2.24, 2.45) is 5.41 Å². The van der Waals surface area contributed by atoms with Gasteiger partial charge >= 0.3 is 0 Å². The van der Waals surface area contributed by atoms with Gasteiger partial charge in [0.25, 0.3) is 0 Å². The second-order valence-corrected chi connectivity index (χ2v) is 6.22. The molecule has 1 aliphatic heterocycles. The van der Waals surface area contributed by atoms with Gasteiger partial charge in [0.2, 0.25) is 0 Å². The molecule has 1 aliphatic carbocycles. The Kier molecular flexibility index (Phi) is 3.16. The van der Waals surface area contributed by atoms with Crippen molar-refractivity contribution in [1.82, 2.24) is 0 Å². The maximum absolute atomic E-state index is 9.75. The fourth-order valence-corrected chi connectivity index (χ4v) is 3.57. The van der Waals surface area contributed by atoms with E-state index in [0.29, 0.717) is 0 Å². The van der Waals surface area contributed by atoms with Crippen LogP contribution in [-0.4, -0.2) is 17.8 Å². The molecule has 0 amide bonds. The Morgan fingerprint density at radius 3 is 3.00 bits per heavy atom. The van der Waals surface area contributed by atoms with Gasteiger partial charge in [0.15, 0.2) is 0 Å². The van der Waals surface area contributed by atoms with E-state index in [1.54, 1.807) is 0 Å². The first-order valence-corrected chi connectivity index (χ1v) is 7.04.